The highest BCUT2D eigenvalue weighted by Crippen LogP contribution is 2.27. The maximum Gasteiger partial charge on any atom is 0.303 e. The number of unbranched alkanes of at least 4 members (excludes halogenated alkanes) is 1. The van der Waals surface area contributed by atoms with Crippen LogP contribution in [0.1, 0.15) is 35.2 Å². The topological polar surface area (TPSA) is 106 Å². The number of aliphatic carboxylic acids is 1. The van der Waals surface area contributed by atoms with Crippen molar-refractivity contribution in [2.24, 2.45) is 5.73 Å². The molecule has 0 aliphatic heterocycles. The lowest BCUT2D eigenvalue weighted by atomic mass is 9.99. The number of carbonyl (C=O) groups excluding carboxylic acids is 1. The van der Waals surface area contributed by atoms with Gasteiger partial charge in [-0.05, 0) is 61.2 Å². The van der Waals surface area contributed by atoms with E-state index < -0.39 is 11.9 Å². The molecule has 0 aliphatic carbocycles. The number of aryl methyl sites for hydroxylation is 1. The molecule has 2 aromatic heterocycles. The van der Waals surface area contributed by atoms with E-state index in [0.717, 1.165) is 11.1 Å². The smallest absolute Gasteiger partial charge is 0.303 e. The van der Waals surface area contributed by atoms with E-state index in [2.05, 4.69) is 9.97 Å². The first-order chi connectivity index (χ1) is 12.9. The van der Waals surface area contributed by atoms with Crippen LogP contribution in [0.25, 0.3) is 22.3 Å². The fraction of sp³-hybridized carbons (Fsp3) is 0.200. The molecule has 0 bridgehead atoms. The van der Waals surface area contributed by atoms with Gasteiger partial charge in [-0.2, -0.15) is 0 Å². The Balaban J connectivity index is 2.02. The number of carboxylic acids is 1. The van der Waals surface area contributed by atoms with E-state index in [0.29, 0.717) is 36.0 Å². The monoisotopic (exact) mass is 367 g/mol. The number of carboxylic acid groups (broad SMARTS) is 1. The summed E-state index contributed by atoms with van der Waals surface area (Å²) in [7, 11) is 0. The van der Waals surface area contributed by atoms with Gasteiger partial charge in [-0.1, -0.05) is 0 Å². The molecule has 0 spiro atoms. The second-order valence-electron chi connectivity index (χ2n) is 6.24. The van der Waals surface area contributed by atoms with Crippen LogP contribution in [0, 0.1) is 5.82 Å². The number of amides is 1. The predicted octanol–water partition coefficient (Wildman–Crippen LogP) is 3.33. The first kappa shape index (κ1) is 18.4. The summed E-state index contributed by atoms with van der Waals surface area (Å²) < 4.78 is 13.3. The van der Waals surface area contributed by atoms with Crippen LogP contribution in [0.5, 0.6) is 0 Å². The zero-order chi connectivity index (χ0) is 19.4. The van der Waals surface area contributed by atoms with Crippen LogP contribution in [0.2, 0.25) is 0 Å². The fourth-order valence-corrected chi connectivity index (χ4v) is 2.88. The summed E-state index contributed by atoms with van der Waals surface area (Å²) in [6.07, 6.45) is 3.27. The molecule has 138 valence electrons. The maximum atomic E-state index is 13.3. The van der Waals surface area contributed by atoms with Gasteiger partial charge in [-0.25, -0.2) is 14.4 Å². The van der Waals surface area contributed by atoms with Crippen LogP contribution < -0.4 is 5.73 Å². The highest BCUT2D eigenvalue weighted by molar-refractivity contribution is 5.96. The van der Waals surface area contributed by atoms with Crippen LogP contribution in [0.4, 0.5) is 4.39 Å². The Labute approximate surface area is 154 Å². The number of carbonyl (C=O) groups is 2. The van der Waals surface area contributed by atoms with E-state index in [1.807, 2.05) is 6.07 Å². The Kier molecular flexibility index (Phi) is 5.40. The molecule has 1 aromatic carbocycles. The number of nitrogens with two attached hydrogens (primary N) is 1. The molecule has 3 aromatic rings. The summed E-state index contributed by atoms with van der Waals surface area (Å²) in [5, 5.41) is 9.46. The molecule has 0 aliphatic rings. The van der Waals surface area contributed by atoms with Gasteiger partial charge in [0.15, 0.2) is 5.65 Å². The van der Waals surface area contributed by atoms with Gasteiger partial charge in [-0.3, -0.25) is 9.59 Å². The van der Waals surface area contributed by atoms with Crippen molar-refractivity contribution >= 4 is 22.9 Å². The van der Waals surface area contributed by atoms with E-state index in [4.69, 9.17) is 10.8 Å². The van der Waals surface area contributed by atoms with Crippen LogP contribution in [-0.2, 0) is 11.2 Å². The van der Waals surface area contributed by atoms with Crippen molar-refractivity contribution in [2.45, 2.75) is 25.7 Å². The Bertz CT molecular complexity index is 1000. The number of hydrogen-bond acceptors (Lipinski definition) is 4. The first-order valence-electron chi connectivity index (χ1n) is 8.51. The van der Waals surface area contributed by atoms with Crippen molar-refractivity contribution < 1.29 is 19.1 Å². The number of pyridine rings is 2. The van der Waals surface area contributed by atoms with Crippen LogP contribution in [-0.4, -0.2) is 27.0 Å². The average Bonchev–Trinajstić information content (AvgIpc) is 2.64. The fourth-order valence-electron chi connectivity index (χ4n) is 2.88. The number of benzene rings is 1. The van der Waals surface area contributed by atoms with Gasteiger partial charge in [0, 0.05) is 23.6 Å². The van der Waals surface area contributed by atoms with Gasteiger partial charge in [0.25, 0.3) is 0 Å². The molecule has 6 nitrogen and oxygen atoms in total. The second kappa shape index (κ2) is 7.90. The summed E-state index contributed by atoms with van der Waals surface area (Å²) in [6, 6.07) is 9.51. The number of primary amides is 1. The van der Waals surface area contributed by atoms with E-state index in [1.165, 1.54) is 18.3 Å². The van der Waals surface area contributed by atoms with Gasteiger partial charge >= 0.3 is 5.97 Å². The maximum absolute atomic E-state index is 13.3. The molecule has 0 saturated heterocycles. The van der Waals surface area contributed by atoms with Crippen molar-refractivity contribution in [1.82, 2.24) is 9.97 Å². The zero-order valence-electron chi connectivity index (χ0n) is 14.5. The van der Waals surface area contributed by atoms with E-state index in [1.54, 1.807) is 18.2 Å². The van der Waals surface area contributed by atoms with Gasteiger partial charge in [0.1, 0.15) is 5.82 Å². The van der Waals surface area contributed by atoms with Gasteiger partial charge in [-0.15, -0.1) is 0 Å². The molecule has 2 heterocycles. The number of fused-ring (bicyclic) bond motifs is 1. The highest BCUT2D eigenvalue weighted by Gasteiger charge is 2.12. The van der Waals surface area contributed by atoms with Gasteiger partial charge in [0.05, 0.1) is 11.3 Å². The molecule has 0 saturated carbocycles. The SMILES string of the molecule is NC(=O)c1cnc2nc(-c3ccc(F)cc3)c(CCCCC(=O)O)cc2c1. The summed E-state index contributed by atoms with van der Waals surface area (Å²) in [5.41, 5.74) is 8.34. The molecule has 7 heteroatoms. The van der Waals surface area contributed by atoms with Crippen molar-refractivity contribution in [3.63, 3.8) is 0 Å². The molecule has 27 heavy (non-hydrogen) atoms. The minimum Gasteiger partial charge on any atom is -0.481 e. The summed E-state index contributed by atoms with van der Waals surface area (Å²) in [5.74, 6) is -1.75. The predicted molar refractivity (Wildman–Crippen MR) is 98.6 cm³/mol. The van der Waals surface area contributed by atoms with Crippen molar-refractivity contribution in [3.05, 3.63) is 59.5 Å². The molecule has 0 radical (unpaired) electrons. The third-order valence-corrected chi connectivity index (χ3v) is 4.24. The lowest BCUT2D eigenvalue weighted by molar-refractivity contribution is -0.137. The third-order valence-electron chi connectivity index (χ3n) is 4.24. The molecule has 0 atom stereocenters. The van der Waals surface area contributed by atoms with Gasteiger partial charge in [0.2, 0.25) is 5.91 Å². The lowest BCUT2D eigenvalue weighted by Crippen LogP contribution is -2.11. The van der Waals surface area contributed by atoms with Crippen LogP contribution in [0.3, 0.4) is 0 Å². The number of halogens is 1. The Morgan fingerprint density at radius 2 is 1.85 bits per heavy atom. The summed E-state index contributed by atoms with van der Waals surface area (Å²) in [6.45, 7) is 0. The Morgan fingerprint density at radius 3 is 2.52 bits per heavy atom. The Morgan fingerprint density at radius 1 is 1.11 bits per heavy atom. The van der Waals surface area contributed by atoms with E-state index in [-0.39, 0.29) is 17.8 Å². The molecule has 1 amide bonds. The van der Waals surface area contributed by atoms with Gasteiger partial charge < -0.3 is 10.8 Å². The largest absolute Gasteiger partial charge is 0.481 e. The van der Waals surface area contributed by atoms with Crippen LogP contribution in [0.15, 0.2) is 42.6 Å². The molecule has 3 rings (SSSR count). The molecule has 0 fully saturated rings. The number of nitrogens with zero attached hydrogens (tertiary/aromatic N) is 2. The van der Waals surface area contributed by atoms with Crippen molar-refractivity contribution in [1.29, 1.82) is 0 Å². The van der Waals surface area contributed by atoms with E-state index in [9.17, 15) is 14.0 Å². The minimum absolute atomic E-state index is 0.0975. The Hall–Kier alpha value is -3.35. The quantitative estimate of drug-likeness (QED) is 0.623. The highest BCUT2D eigenvalue weighted by atomic mass is 19.1. The molecular weight excluding hydrogens is 349 g/mol. The second-order valence-corrected chi connectivity index (χ2v) is 6.24. The van der Waals surface area contributed by atoms with Crippen molar-refractivity contribution in [2.75, 3.05) is 0 Å². The molecule has 0 unspecified atom stereocenters. The van der Waals surface area contributed by atoms with Crippen LogP contribution >= 0.6 is 0 Å². The molecule has 3 N–H and O–H groups in total. The standard InChI is InChI=1S/C20H18FN3O3/c21-16-7-5-12(6-8-16)18-13(3-1-2-4-17(25)26)9-14-10-15(19(22)27)11-23-20(14)24-18/h5-11H,1-4H2,(H2,22,27)(H,25,26). The van der Waals surface area contributed by atoms with E-state index >= 15 is 0 Å². The number of rotatable bonds is 7. The zero-order valence-corrected chi connectivity index (χ0v) is 14.5. The molecular formula is C20H18FN3O3. The van der Waals surface area contributed by atoms with Crippen molar-refractivity contribution in [3.8, 4) is 11.3 Å². The minimum atomic E-state index is -0.833. The number of aromatic nitrogens is 2. The summed E-state index contributed by atoms with van der Waals surface area (Å²) >= 11 is 0. The lowest BCUT2D eigenvalue weighted by Gasteiger charge is -2.11. The third kappa shape index (κ3) is 4.44. The number of hydrogen-bond donors (Lipinski definition) is 2. The summed E-state index contributed by atoms with van der Waals surface area (Å²) in [4.78, 5) is 30.9. The first-order valence-corrected chi connectivity index (χ1v) is 8.51. The normalized spacial score (nSPS) is 10.9. The average molecular weight is 367 g/mol.